The van der Waals surface area contributed by atoms with Crippen LogP contribution in [-0.2, 0) is 31.7 Å². The summed E-state index contributed by atoms with van der Waals surface area (Å²) in [5, 5.41) is 0. The Morgan fingerprint density at radius 2 is 0.833 bits per heavy atom. The zero-order valence-electron chi connectivity index (χ0n) is 13.5. The van der Waals surface area contributed by atoms with Gasteiger partial charge in [0.05, 0.1) is 31.7 Å². The highest BCUT2D eigenvalue weighted by molar-refractivity contribution is 7.85. The lowest BCUT2D eigenvalue weighted by atomic mass is 10.2. The van der Waals surface area contributed by atoms with E-state index in [4.69, 9.17) is 0 Å². The molecule has 0 heterocycles. The maximum absolute atomic E-state index is 10.2. The number of hydrogen-bond donors (Lipinski definition) is 2. The first-order valence-corrected chi connectivity index (χ1v) is 9.26. The van der Waals surface area contributed by atoms with E-state index in [0.717, 1.165) is 0 Å². The fraction of sp³-hybridized carbons (Fsp3) is 0.143. The highest BCUT2D eigenvalue weighted by Gasteiger charge is 1.96. The van der Waals surface area contributed by atoms with Crippen LogP contribution in [0.4, 0.5) is 0 Å². The molecule has 0 fully saturated rings. The van der Waals surface area contributed by atoms with Crippen LogP contribution in [-0.4, -0.2) is 25.9 Å². The molecular formula is C14H22N2O6S2. The molecule has 2 rings (SSSR count). The van der Waals surface area contributed by atoms with E-state index in [1.54, 1.807) is 60.7 Å². The Kier molecular flexibility index (Phi) is 11.1. The molecule has 2 aromatic carbocycles. The van der Waals surface area contributed by atoms with Crippen LogP contribution in [0.1, 0.15) is 11.1 Å². The van der Waals surface area contributed by atoms with Crippen molar-refractivity contribution >= 4 is 20.2 Å². The molecule has 0 bridgehead atoms. The van der Waals surface area contributed by atoms with Crippen molar-refractivity contribution in [1.82, 2.24) is 12.3 Å². The van der Waals surface area contributed by atoms with E-state index in [1.165, 1.54) is 0 Å². The van der Waals surface area contributed by atoms with Crippen LogP contribution in [0.2, 0.25) is 0 Å². The quantitative estimate of drug-likeness (QED) is 0.767. The Labute approximate surface area is 142 Å². The highest BCUT2D eigenvalue weighted by atomic mass is 32.2. The van der Waals surface area contributed by atoms with Crippen molar-refractivity contribution in [2.45, 2.75) is 11.5 Å². The Morgan fingerprint density at radius 1 is 0.583 bits per heavy atom. The first-order valence-electron chi connectivity index (χ1n) is 6.11. The summed E-state index contributed by atoms with van der Waals surface area (Å²) in [6.07, 6.45) is 0. The van der Waals surface area contributed by atoms with Crippen LogP contribution in [0.15, 0.2) is 60.7 Å². The molecule has 0 saturated carbocycles. The average molecular weight is 378 g/mol. The topological polar surface area (TPSA) is 187 Å². The highest BCUT2D eigenvalue weighted by Crippen LogP contribution is 2.03. The molecule has 8 nitrogen and oxygen atoms in total. The molecule has 0 aliphatic carbocycles. The second-order valence-corrected chi connectivity index (χ2v) is 7.18. The standard InChI is InChI=1S/2C7H8O3S.2H3N/c2*8-11(9,10)6-7-4-2-1-3-5-7;;/h2*1-5H,6H2,(H,8,9,10);2*1H3. The third-order valence-electron chi connectivity index (χ3n) is 2.37. The van der Waals surface area contributed by atoms with Gasteiger partial charge in [-0.3, -0.25) is 0 Å². The summed E-state index contributed by atoms with van der Waals surface area (Å²) < 4.78 is 61.5. The van der Waals surface area contributed by atoms with Gasteiger partial charge in [0.2, 0.25) is 0 Å². The summed E-state index contributed by atoms with van der Waals surface area (Å²) in [7, 11) is -8.25. The van der Waals surface area contributed by atoms with Gasteiger partial charge < -0.3 is 21.4 Å². The second-order valence-electron chi connectivity index (χ2n) is 4.38. The van der Waals surface area contributed by atoms with Gasteiger partial charge in [0.25, 0.3) is 0 Å². The largest absolute Gasteiger partial charge is 0.748 e. The van der Waals surface area contributed by atoms with Crippen LogP contribution in [0.3, 0.4) is 0 Å². The third kappa shape index (κ3) is 12.7. The number of hydrogen-bond acceptors (Lipinski definition) is 6. The van der Waals surface area contributed by atoms with Gasteiger partial charge in [-0.05, 0) is 11.1 Å². The third-order valence-corrected chi connectivity index (χ3v) is 3.75. The molecule has 0 spiro atoms. The minimum atomic E-state index is -4.13. The maximum atomic E-state index is 10.2. The summed E-state index contributed by atoms with van der Waals surface area (Å²) in [6.45, 7) is 0. The van der Waals surface area contributed by atoms with Crippen molar-refractivity contribution in [3.8, 4) is 0 Å². The molecular weight excluding hydrogens is 356 g/mol. The normalized spacial score (nSPS) is 10.4. The van der Waals surface area contributed by atoms with Gasteiger partial charge in [-0.2, -0.15) is 0 Å². The van der Waals surface area contributed by atoms with Crippen molar-refractivity contribution in [3.63, 3.8) is 0 Å². The van der Waals surface area contributed by atoms with Crippen LogP contribution in [0, 0.1) is 0 Å². The zero-order chi connectivity index (χ0) is 16.6. The Morgan fingerprint density at radius 3 is 1.04 bits per heavy atom. The fourth-order valence-electron chi connectivity index (χ4n) is 1.56. The molecule has 0 saturated heterocycles. The summed E-state index contributed by atoms with van der Waals surface area (Å²) in [5.74, 6) is -0.846. The first kappa shape index (κ1) is 24.4. The molecule has 136 valence electrons. The predicted octanol–water partition coefficient (Wildman–Crippen LogP) is 2.22. The summed E-state index contributed by atoms with van der Waals surface area (Å²) in [5.41, 5.74) is 1.06. The molecule has 0 atom stereocenters. The van der Waals surface area contributed by atoms with Gasteiger partial charge in [-0.25, -0.2) is 16.8 Å². The van der Waals surface area contributed by atoms with E-state index in [0.29, 0.717) is 11.1 Å². The van der Waals surface area contributed by atoms with Crippen molar-refractivity contribution in [3.05, 3.63) is 71.8 Å². The molecule has 0 aliphatic rings. The molecule has 0 unspecified atom stereocenters. The van der Waals surface area contributed by atoms with Gasteiger partial charge in [-0.1, -0.05) is 60.7 Å². The minimum absolute atomic E-state index is 0. The molecule has 10 heteroatoms. The number of benzene rings is 2. The van der Waals surface area contributed by atoms with Gasteiger partial charge in [0.1, 0.15) is 0 Å². The van der Waals surface area contributed by atoms with Crippen LogP contribution >= 0.6 is 0 Å². The van der Waals surface area contributed by atoms with E-state index >= 15 is 0 Å². The van der Waals surface area contributed by atoms with Crippen molar-refractivity contribution in [2.75, 3.05) is 0 Å². The lowest BCUT2D eigenvalue weighted by Crippen LogP contribution is -2.01. The van der Waals surface area contributed by atoms with Crippen LogP contribution in [0.5, 0.6) is 0 Å². The van der Waals surface area contributed by atoms with E-state index < -0.39 is 31.7 Å². The number of rotatable bonds is 4. The molecule has 0 radical (unpaired) electrons. The minimum Gasteiger partial charge on any atom is -0.748 e. The maximum Gasteiger partial charge on any atom is 0.0988 e. The Bertz CT molecular complexity index is 709. The van der Waals surface area contributed by atoms with Crippen LogP contribution in [0.25, 0.3) is 0 Å². The summed E-state index contributed by atoms with van der Waals surface area (Å²) in [4.78, 5) is 0. The lowest BCUT2D eigenvalue weighted by Gasteiger charge is -2.05. The van der Waals surface area contributed by atoms with E-state index in [1.807, 2.05) is 0 Å². The van der Waals surface area contributed by atoms with E-state index in [9.17, 15) is 25.9 Å². The van der Waals surface area contributed by atoms with Crippen LogP contribution < -0.4 is 12.3 Å². The van der Waals surface area contributed by atoms with Gasteiger partial charge in [0.15, 0.2) is 0 Å². The summed E-state index contributed by atoms with van der Waals surface area (Å²) >= 11 is 0. The monoisotopic (exact) mass is 378 g/mol. The zero-order valence-corrected chi connectivity index (χ0v) is 15.1. The smallest absolute Gasteiger partial charge is 0.0988 e. The van der Waals surface area contributed by atoms with Crippen molar-refractivity contribution in [1.29, 1.82) is 0 Å². The second kappa shape index (κ2) is 10.9. The van der Waals surface area contributed by atoms with Gasteiger partial charge in [-0.15, -0.1) is 0 Å². The summed E-state index contributed by atoms with van der Waals surface area (Å²) in [6, 6.07) is 16.7. The molecule has 0 amide bonds. The fourth-order valence-corrected chi connectivity index (χ4v) is 2.76. The average Bonchev–Trinajstić information content (AvgIpc) is 2.38. The van der Waals surface area contributed by atoms with Gasteiger partial charge >= 0.3 is 0 Å². The van der Waals surface area contributed by atoms with E-state index in [2.05, 4.69) is 0 Å². The van der Waals surface area contributed by atoms with Gasteiger partial charge in [0, 0.05) is 0 Å². The molecule has 8 N–H and O–H groups in total. The lowest BCUT2D eigenvalue weighted by molar-refractivity contribution is 0.459. The van der Waals surface area contributed by atoms with Crippen molar-refractivity contribution in [2.24, 2.45) is 0 Å². The Hall–Kier alpha value is -1.82. The number of quaternary nitrogens is 2. The predicted molar refractivity (Wildman–Crippen MR) is 91.7 cm³/mol. The van der Waals surface area contributed by atoms with E-state index in [-0.39, 0.29) is 12.3 Å². The molecule has 2 aromatic rings. The molecule has 0 aromatic heterocycles. The first-order chi connectivity index (χ1) is 10.2. The van der Waals surface area contributed by atoms with Crippen molar-refractivity contribution < 1.29 is 25.9 Å². The SMILES string of the molecule is O=S(=O)([O-])Cc1ccccc1.O=S(=O)([O-])Cc1ccccc1.[NH4+].[NH4+]. The Balaban J connectivity index is 0. The molecule has 24 heavy (non-hydrogen) atoms. The molecule has 0 aliphatic heterocycles.